The van der Waals surface area contributed by atoms with Crippen LogP contribution in [0.4, 0.5) is 0 Å². The van der Waals surface area contributed by atoms with Gasteiger partial charge < -0.3 is 8.97 Å². The van der Waals surface area contributed by atoms with Crippen LogP contribution in [0.5, 0.6) is 0 Å². The van der Waals surface area contributed by atoms with E-state index in [2.05, 4.69) is 55.4 Å². The van der Waals surface area contributed by atoms with Crippen molar-refractivity contribution in [3.8, 4) is 0 Å². The highest BCUT2D eigenvalue weighted by Gasteiger charge is 2.25. The van der Waals surface area contributed by atoms with Crippen molar-refractivity contribution in [2.45, 2.75) is 158 Å². The standard InChI is InChI=1S/C20H44N.C12H28N/c1-5-9-13-17-21(18-14-10-6-2,19-15-11-7-3)20-16-12-8-4;1-5-9-13(10-6-2,11-7-3)12-8-4/h5-20H2,1-4H3;5-12H2,1-4H3/q2*+1. The molecule has 0 N–H and O–H groups in total. The Morgan fingerprint density at radius 3 is 0.618 bits per heavy atom. The van der Waals surface area contributed by atoms with E-state index in [9.17, 15) is 0 Å². The molecule has 0 fully saturated rings. The molecule has 0 aromatic carbocycles. The summed E-state index contributed by atoms with van der Waals surface area (Å²) < 4.78 is 2.82. The van der Waals surface area contributed by atoms with E-state index in [0.717, 1.165) is 0 Å². The minimum Gasteiger partial charge on any atom is -0.324 e. The first kappa shape index (κ1) is 36.1. The van der Waals surface area contributed by atoms with E-state index < -0.39 is 0 Å². The molecule has 0 saturated heterocycles. The van der Waals surface area contributed by atoms with E-state index in [1.165, 1.54) is 164 Å². The number of unbranched alkanes of at least 4 members (excludes halogenated alkanes) is 8. The summed E-state index contributed by atoms with van der Waals surface area (Å²) in [5, 5.41) is 0. The second-order valence-electron chi connectivity index (χ2n) is 11.3. The first-order valence-electron chi connectivity index (χ1n) is 16.2. The normalized spacial score (nSPS) is 12.0. The van der Waals surface area contributed by atoms with Gasteiger partial charge in [0.25, 0.3) is 0 Å². The molecule has 0 amide bonds. The lowest BCUT2D eigenvalue weighted by molar-refractivity contribution is -0.929. The van der Waals surface area contributed by atoms with Gasteiger partial charge in [0.05, 0.1) is 52.4 Å². The molecule has 0 aliphatic heterocycles. The van der Waals surface area contributed by atoms with Gasteiger partial charge in [-0.3, -0.25) is 0 Å². The van der Waals surface area contributed by atoms with Crippen molar-refractivity contribution in [1.82, 2.24) is 0 Å². The van der Waals surface area contributed by atoms with E-state index in [1.54, 1.807) is 0 Å². The Hall–Kier alpha value is -0.0800. The van der Waals surface area contributed by atoms with Crippen molar-refractivity contribution in [2.75, 3.05) is 52.4 Å². The summed E-state index contributed by atoms with van der Waals surface area (Å²) in [6, 6.07) is 0. The molecule has 0 aliphatic carbocycles. The van der Waals surface area contributed by atoms with Gasteiger partial charge >= 0.3 is 0 Å². The third kappa shape index (κ3) is 19.1. The quantitative estimate of drug-likeness (QED) is 0.0944. The highest BCUT2D eigenvalue weighted by atomic mass is 15.3. The van der Waals surface area contributed by atoms with Gasteiger partial charge in [0.15, 0.2) is 0 Å². The van der Waals surface area contributed by atoms with Crippen LogP contribution in [-0.2, 0) is 0 Å². The van der Waals surface area contributed by atoms with Crippen molar-refractivity contribution in [2.24, 2.45) is 0 Å². The van der Waals surface area contributed by atoms with Crippen LogP contribution < -0.4 is 0 Å². The zero-order valence-electron chi connectivity index (χ0n) is 25.9. The molecular formula is C32H72N2+2. The Labute approximate surface area is 219 Å². The maximum Gasteiger partial charge on any atom is 0.0786 e. The SMILES string of the molecule is CCCCC[N+](CCCCC)(CCCCC)CCCCC.CCC[N+](CCC)(CCC)CCC. The summed E-state index contributed by atoms with van der Waals surface area (Å²) in [6.45, 7) is 29.9. The molecule has 208 valence electrons. The third-order valence-corrected chi connectivity index (χ3v) is 7.74. The lowest BCUT2D eigenvalue weighted by atomic mass is 10.1. The number of rotatable bonds is 24. The second kappa shape index (κ2) is 26.0. The topological polar surface area (TPSA) is 0 Å². The molecule has 0 aromatic heterocycles. The van der Waals surface area contributed by atoms with Crippen LogP contribution in [0.25, 0.3) is 0 Å². The highest BCUT2D eigenvalue weighted by molar-refractivity contribution is 4.52. The van der Waals surface area contributed by atoms with Crippen LogP contribution in [0, 0.1) is 0 Å². The van der Waals surface area contributed by atoms with E-state index in [-0.39, 0.29) is 0 Å². The molecule has 0 unspecified atom stereocenters. The zero-order valence-corrected chi connectivity index (χ0v) is 25.9. The molecule has 0 rings (SSSR count). The first-order chi connectivity index (χ1) is 16.5. The Morgan fingerprint density at radius 1 is 0.235 bits per heavy atom. The zero-order chi connectivity index (χ0) is 26.0. The van der Waals surface area contributed by atoms with Crippen molar-refractivity contribution in [1.29, 1.82) is 0 Å². The summed E-state index contributed by atoms with van der Waals surface area (Å²) in [6.07, 6.45) is 22.3. The van der Waals surface area contributed by atoms with Crippen molar-refractivity contribution < 1.29 is 8.97 Å². The molecule has 0 aromatic rings. The van der Waals surface area contributed by atoms with Crippen LogP contribution in [0.3, 0.4) is 0 Å². The van der Waals surface area contributed by atoms with Gasteiger partial charge in [0.2, 0.25) is 0 Å². The fraction of sp³-hybridized carbons (Fsp3) is 1.00. The molecule has 0 aliphatic rings. The fourth-order valence-corrected chi connectivity index (χ4v) is 6.03. The van der Waals surface area contributed by atoms with Crippen molar-refractivity contribution in [3.63, 3.8) is 0 Å². The van der Waals surface area contributed by atoms with Gasteiger partial charge in [-0.25, -0.2) is 0 Å². The number of nitrogens with zero attached hydrogens (tertiary/aromatic N) is 2. The van der Waals surface area contributed by atoms with Crippen molar-refractivity contribution >= 4 is 0 Å². The predicted octanol–water partition coefficient (Wildman–Crippen LogP) is 10.0. The maximum atomic E-state index is 2.33. The van der Waals surface area contributed by atoms with Gasteiger partial charge in [0.1, 0.15) is 0 Å². The molecule has 34 heavy (non-hydrogen) atoms. The lowest BCUT2D eigenvalue weighted by Gasteiger charge is -2.39. The molecule has 0 bridgehead atoms. The van der Waals surface area contributed by atoms with Crippen LogP contribution in [0.2, 0.25) is 0 Å². The molecular weight excluding hydrogens is 412 g/mol. The Bertz CT molecular complexity index is 304. The maximum absolute atomic E-state index is 2.33. The largest absolute Gasteiger partial charge is 0.324 e. The fourth-order valence-electron chi connectivity index (χ4n) is 6.03. The smallest absolute Gasteiger partial charge is 0.0786 e. The van der Waals surface area contributed by atoms with Gasteiger partial charge in [-0.05, 0) is 77.0 Å². The molecule has 2 heteroatoms. The third-order valence-electron chi connectivity index (χ3n) is 7.74. The van der Waals surface area contributed by atoms with Crippen LogP contribution in [0.15, 0.2) is 0 Å². The Balaban J connectivity index is 0. The molecule has 0 saturated carbocycles. The van der Waals surface area contributed by atoms with Gasteiger partial charge in [-0.15, -0.1) is 0 Å². The minimum absolute atomic E-state index is 1.33. The molecule has 0 atom stereocenters. The Kier molecular flexibility index (Phi) is 27.6. The van der Waals surface area contributed by atoms with Gasteiger partial charge in [0, 0.05) is 0 Å². The van der Waals surface area contributed by atoms with E-state index >= 15 is 0 Å². The summed E-state index contributed by atoms with van der Waals surface area (Å²) in [5.74, 6) is 0. The van der Waals surface area contributed by atoms with Crippen LogP contribution in [0.1, 0.15) is 158 Å². The minimum atomic E-state index is 1.33. The molecule has 0 spiro atoms. The highest BCUT2D eigenvalue weighted by Crippen LogP contribution is 2.18. The van der Waals surface area contributed by atoms with Crippen molar-refractivity contribution in [3.05, 3.63) is 0 Å². The van der Waals surface area contributed by atoms with Crippen LogP contribution >= 0.6 is 0 Å². The predicted molar refractivity (Wildman–Crippen MR) is 159 cm³/mol. The summed E-state index contributed by atoms with van der Waals surface area (Å²) >= 11 is 0. The average Bonchev–Trinajstić information content (AvgIpc) is 2.81. The number of quaternary nitrogens is 2. The van der Waals surface area contributed by atoms with E-state index in [4.69, 9.17) is 0 Å². The van der Waals surface area contributed by atoms with Gasteiger partial charge in [-0.2, -0.15) is 0 Å². The van der Waals surface area contributed by atoms with Crippen LogP contribution in [-0.4, -0.2) is 61.3 Å². The number of hydrogen-bond acceptors (Lipinski definition) is 0. The Morgan fingerprint density at radius 2 is 0.441 bits per heavy atom. The molecule has 0 radical (unpaired) electrons. The second-order valence-corrected chi connectivity index (χ2v) is 11.3. The molecule has 0 heterocycles. The monoisotopic (exact) mass is 485 g/mol. The van der Waals surface area contributed by atoms with E-state index in [1.807, 2.05) is 0 Å². The first-order valence-corrected chi connectivity index (χ1v) is 16.2. The summed E-state index contributed by atoms with van der Waals surface area (Å²) in [4.78, 5) is 0. The lowest BCUT2D eigenvalue weighted by Crippen LogP contribution is -2.50. The average molecular weight is 485 g/mol. The molecule has 2 nitrogen and oxygen atoms in total. The van der Waals surface area contributed by atoms with Gasteiger partial charge in [-0.1, -0.05) is 81.1 Å². The summed E-state index contributed by atoms with van der Waals surface area (Å²) in [5.41, 5.74) is 0. The van der Waals surface area contributed by atoms with E-state index in [0.29, 0.717) is 0 Å². The summed E-state index contributed by atoms with van der Waals surface area (Å²) in [7, 11) is 0. The number of hydrogen-bond donors (Lipinski definition) is 0.